The van der Waals surface area contributed by atoms with Crippen LogP contribution in [0.2, 0.25) is 0 Å². The molecule has 0 bridgehead atoms. The van der Waals surface area contributed by atoms with Crippen molar-refractivity contribution in [1.82, 2.24) is 9.98 Å². The molecule has 0 saturated carbocycles. The molecule has 0 aliphatic heterocycles. The lowest BCUT2D eigenvalue weighted by atomic mass is 10.1. The second-order valence-corrected chi connectivity index (χ2v) is 8.58. The molecule has 2 aromatic rings. The lowest BCUT2D eigenvalue weighted by Gasteiger charge is -2.21. The van der Waals surface area contributed by atoms with Crippen molar-refractivity contribution < 1.29 is 37.3 Å². The predicted octanol–water partition coefficient (Wildman–Crippen LogP) is 3.49. The topological polar surface area (TPSA) is 131 Å². The maximum Gasteiger partial charge on any atom is 0.650 e. The second-order valence-electron chi connectivity index (χ2n) is 7.13. The quantitative estimate of drug-likeness (QED) is 0.207. The zero-order chi connectivity index (χ0) is 25.0. The number of carbonyl (C=O) groups is 3. The van der Waals surface area contributed by atoms with Crippen molar-refractivity contribution in [2.24, 2.45) is 0 Å². The summed E-state index contributed by atoms with van der Waals surface area (Å²) >= 11 is 0. The number of Topliss-reactive ketones (excluding diaryl/α,β-unsaturated/α-hetero) is 1. The van der Waals surface area contributed by atoms with Gasteiger partial charge in [-0.05, 0) is 44.5 Å². The van der Waals surface area contributed by atoms with Crippen LogP contribution in [0.5, 0.6) is 11.5 Å². The first-order valence-corrected chi connectivity index (χ1v) is 11.8. The minimum absolute atomic E-state index is 0.116. The van der Waals surface area contributed by atoms with E-state index in [0.29, 0.717) is 0 Å². The van der Waals surface area contributed by atoms with Gasteiger partial charge in [-0.3, -0.25) is 4.79 Å². The Morgan fingerprint density at radius 3 is 2.00 bits per heavy atom. The number of rotatable bonds is 12. The van der Waals surface area contributed by atoms with Gasteiger partial charge >= 0.3 is 26.1 Å². The van der Waals surface area contributed by atoms with Gasteiger partial charge in [0.15, 0.2) is 0 Å². The van der Waals surface area contributed by atoms with E-state index >= 15 is 0 Å². The van der Waals surface area contributed by atoms with Crippen molar-refractivity contribution in [2.45, 2.75) is 38.8 Å². The number of esters is 1. The maximum atomic E-state index is 13.3. The number of amides is 1. The molecule has 180 valence electrons. The van der Waals surface area contributed by atoms with E-state index in [-0.39, 0.29) is 24.3 Å². The zero-order valence-corrected chi connectivity index (χ0v) is 19.7. The summed E-state index contributed by atoms with van der Waals surface area (Å²) in [6.07, 6.45) is -0.984. The van der Waals surface area contributed by atoms with Crippen LogP contribution in [0.1, 0.15) is 26.7 Å². The number of nitrogens with zero attached hydrogens (tertiary/aromatic N) is 1. The van der Waals surface area contributed by atoms with Crippen molar-refractivity contribution in [3.8, 4) is 11.5 Å². The van der Waals surface area contributed by atoms with Crippen LogP contribution in [0.4, 0.5) is 4.79 Å². The van der Waals surface area contributed by atoms with Gasteiger partial charge < -0.3 is 23.6 Å². The number of hydrogen-bond donors (Lipinski definition) is 1. The van der Waals surface area contributed by atoms with E-state index in [1.54, 1.807) is 50.2 Å². The maximum absolute atomic E-state index is 13.3. The molecule has 1 atom stereocenters. The van der Waals surface area contributed by atoms with Crippen molar-refractivity contribution in [1.29, 1.82) is 0 Å². The number of ether oxygens (including phenoxy) is 1. The molecule has 2 rings (SSSR count). The summed E-state index contributed by atoms with van der Waals surface area (Å²) in [5.41, 5.74) is 0. The standard InChI is InChI=1S/C23H25N2O8P/c1-17(2)30-22(27)21(15-14-18(26)16-24-3)25-23(28)33-34(29,31-19-10-6-4-7-11-19)32-20-12-8-5-9-13-20/h4-13,16-17,21H,3,14-15H2,1-2H3/p+1/t21-/m0/s1. The molecule has 0 spiro atoms. The average molecular weight is 489 g/mol. The van der Waals surface area contributed by atoms with E-state index in [1.807, 2.05) is 0 Å². The Hall–Kier alpha value is -3.87. The summed E-state index contributed by atoms with van der Waals surface area (Å²) in [7, 11) is -4.54. The lowest BCUT2D eigenvalue weighted by molar-refractivity contribution is -0.150. The summed E-state index contributed by atoms with van der Waals surface area (Å²) in [4.78, 5) is 36.8. The molecule has 0 heterocycles. The molecule has 0 aromatic heterocycles. The minimum Gasteiger partial charge on any atom is -0.461 e. The molecule has 1 amide bonds. The molecule has 0 saturated heterocycles. The second kappa shape index (κ2) is 13.0. The lowest BCUT2D eigenvalue weighted by Crippen LogP contribution is -2.43. The Morgan fingerprint density at radius 2 is 1.53 bits per heavy atom. The normalized spacial score (nSPS) is 11.5. The van der Waals surface area contributed by atoms with Gasteiger partial charge in [-0.15, -0.1) is 4.67 Å². The Labute approximate surface area is 197 Å². The number of ketones is 1. The molecular formula is C23H26N2O8P+. The molecule has 0 unspecified atom stereocenters. The highest BCUT2D eigenvalue weighted by atomic mass is 31.2. The molecule has 10 nitrogen and oxygen atoms in total. The van der Waals surface area contributed by atoms with Crippen LogP contribution in [-0.2, 0) is 23.4 Å². The number of para-hydroxylation sites is 2. The fraction of sp³-hybridized carbons (Fsp3) is 0.261. The van der Waals surface area contributed by atoms with Gasteiger partial charge in [0.25, 0.3) is 6.72 Å². The van der Waals surface area contributed by atoms with Crippen molar-refractivity contribution >= 4 is 38.6 Å². The molecule has 11 heteroatoms. The van der Waals surface area contributed by atoms with E-state index in [9.17, 15) is 18.9 Å². The smallest absolute Gasteiger partial charge is 0.461 e. The number of phosphoric acid groups is 1. The molecule has 2 aromatic carbocycles. The highest BCUT2D eigenvalue weighted by Crippen LogP contribution is 2.49. The SMILES string of the molecule is C=[N+]=CC(=O)CC[C@H](NC(=O)OP(=O)(Oc1ccccc1)Oc1ccccc1)C(=O)OC(C)C. The third-order valence-corrected chi connectivity index (χ3v) is 5.22. The van der Waals surface area contributed by atoms with Gasteiger partial charge in [-0.25, -0.2) is 9.59 Å². The molecule has 0 aliphatic rings. The first-order chi connectivity index (χ1) is 16.2. The van der Waals surface area contributed by atoms with E-state index in [2.05, 4.69) is 16.7 Å². The van der Waals surface area contributed by atoms with Gasteiger partial charge in [-0.2, -0.15) is 4.57 Å². The Balaban J connectivity index is 2.18. The highest BCUT2D eigenvalue weighted by Gasteiger charge is 2.37. The number of hydrogen-bond acceptors (Lipinski definition) is 8. The van der Waals surface area contributed by atoms with Crippen LogP contribution < -0.4 is 19.0 Å². The zero-order valence-electron chi connectivity index (χ0n) is 18.8. The van der Waals surface area contributed by atoms with Gasteiger partial charge in [0.2, 0.25) is 5.78 Å². The molecular weight excluding hydrogens is 463 g/mol. The van der Waals surface area contributed by atoms with Gasteiger partial charge in [0, 0.05) is 6.42 Å². The summed E-state index contributed by atoms with van der Waals surface area (Å²) in [6.45, 7) is 6.45. The number of benzene rings is 2. The van der Waals surface area contributed by atoms with Gasteiger partial charge in [-0.1, -0.05) is 36.4 Å². The molecule has 0 radical (unpaired) electrons. The number of phosphoric ester groups is 1. The molecule has 0 aliphatic carbocycles. The van der Waals surface area contributed by atoms with E-state index in [1.165, 1.54) is 24.3 Å². The highest BCUT2D eigenvalue weighted by molar-refractivity contribution is 7.50. The average Bonchev–Trinajstić information content (AvgIpc) is 2.77. The fourth-order valence-corrected chi connectivity index (χ4v) is 3.69. The molecule has 34 heavy (non-hydrogen) atoms. The predicted molar refractivity (Wildman–Crippen MR) is 126 cm³/mol. The van der Waals surface area contributed by atoms with Crippen molar-refractivity contribution in [3.05, 3.63) is 60.7 Å². The number of nitrogens with one attached hydrogen (secondary N) is 1. The Kier molecular flexibility index (Phi) is 10.1. The van der Waals surface area contributed by atoms with Crippen LogP contribution in [0.3, 0.4) is 0 Å². The summed E-state index contributed by atoms with van der Waals surface area (Å²) in [6, 6.07) is 14.7. The minimum atomic E-state index is -4.54. The van der Waals surface area contributed by atoms with Crippen LogP contribution in [-0.4, -0.2) is 42.9 Å². The van der Waals surface area contributed by atoms with Gasteiger partial charge in [0.1, 0.15) is 17.5 Å². The van der Waals surface area contributed by atoms with Crippen molar-refractivity contribution in [2.75, 3.05) is 0 Å². The fourth-order valence-electron chi connectivity index (χ4n) is 2.56. The summed E-state index contributed by atoms with van der Waals surface area (Å²) in [5, 5.41) is 2.27. The summed E-state index contributed by atoms with van der Waals surface area (Å²) in [5.74, 6) is -0.945. The van der Waals surface area contributed by atoms with Crippen LogP contribution >= 0.6 is 7.82 Å². The number of carbonyl (C=O) groups excluding carboxylic acids is 3. The Morgan fingerprint density at radius 1 is 1.00 bits per heavy atom. The third kappa shape index (κ3) is 9.32. The molecule has 0 fully saturated rings. The van der Waals surface area contributed by atoms with Gasteiger partial charge in [0.05, 0.1) is 6.10 Å². The first kappa shape index (κ1) is 26.4. The van der Waals surface area contributed by atoms with E-state index < -0.39 is 37.8 Å². The van der Waals surface area contributed by atoms with Crippen molar-refractivity contribution in [3.63, 3.8) is 0 Å². The van der Waals surface area contributed by atoms with Crippen LogP contribution in [0.25, 0.3) is 0 Å². The third-order valence-electron chi connectivity index (χ3n) is 3.96. The Bertz CT molecular complexity index is 1020. The van der Waals surface area contributed by atoms with Crippen LogP contribution in [0.15, 0.2) is 60.7 Å². The first-order valence-electron chi connectivity index (χ1n) is 10.3. The van der Waals surface area contributed by atoms with Crippen LogP contribution in [0, 0.1) is 0 Å². The largest absolute Gasteiger partial charge is 0.650 e. The van der Waals surface area contributed by atoms with E-state index in [4.69, 9.17) is 18.3 Å². The monoisotopic (exact) mass is 489 g/mol. The molecule has 1 N–H and O–H groups in total. The van der Waals surface area contributed by atoms with E-state index in [0.717, 1.165) is 6.21 Å². The summed E-state index contributed by atoms with van der Waals surface area (Å²) < 4.78 is 37.6.